The van der Waals surface area contributed by atoms with E-state index < -0.39 is 0 Å². The van der Waals surface area contributed by atoms with Crippen LogP contribution in [-0.4, -0.2) is 5.91 Å². The van der Waals surface area contributed by atoms with E-state index in [-0.39, 0.29) is 11.9 Å². The first-order chi connectivity index (χ1) is 10.1. The molecule has 0 heterocycles. The zero-order chi connectivity index (χ0) is 15.2. The van der Waals surface area contributed by atoms with Gasteiger partial charge in [-0.2, -0.15) is 0 Å². The lowest BCUT2D eigenvalue weighted by Gasteiger charge is -2.18. The van der Waals surface area contributed by atoms with Crippen molar-refractivity contribution in [3.05, 3.63) is 65.2 Å². The number of rotatable bonds is 5. The lowest BCUT2D eigenvalue weighted by Crippen LogP contribution is -2.20. The average Bonchev–Trinajstić information content (AvgIpc) is 2.46. The van der Waals surface area contributed by atoms with Crippen LogP contribution >= 0.6 is 0 Å². The summed E-state index contributed by atoms with van der Waals surface area (Å²) in [5.41, 5.74) is 4.55. The molecule has 2 aromatic carbocycles. The molecule has 1 amide bonds. The van der Waals surface area contributed by atoms with Crippen molar-refractivity contribution in [2.75, 3.05) is 5.32 Å². The Labute approximate surface area is 126 Å². The largest absolute Gasteiger partial charge is 0.326 e. The van der Waals surface area contributed by atoms with Crippen LogP contribution in [0.4, 0.5) is 5.69 Å². The lowest BCUT2D eigenvalue weighted by molar-refractivity contribution is -0.114. The molecule has 110 valence electrons. The Morgan fingerprint density at radius 3 is 2.48 bits per heavy atom. The third-order valence-electron chi connectivity index (χ3n) is 3.58. The van der Waals surface area contributed by atoms with Gasteiger partial charge >= 0.3 is 0 Å². The standard InChI is InChI=1S/C18H22N2O/c1-13-8-4-6-10-17(13)14(2)19-12-16-9-5-7-11-18(16)20-15(3)21/h4-11,14,19H,12H2,1-3H3,(H,20,21)/t14-/m0/s1. The Morgan fingerprint density at radius 1 is 1.10 bits per heavy atom. The first-order valence-electron chi connectivity index (χ1n) is 7.22. The highest BCUT2D eigenvalue weighted by Crippen LogP contribution is 2.19. The van der Waals surface area contributed by atoms with Gasteiger partial charge in [0.15, 0.2) is 0 Å². The first kappa shape index (κ1) is 15.3. The normalized spacial score (nSPS) is 12.0. The van der Waals surface area contributed by atoms with Crippen molar-refractivity contribution in [1.82, 2.24) is 5.32 Å². The fourth-order valence-corrected chi connectivity index (χ4v) is 2.43. The number of para-hydroxylation sites is 1. The molecular weight excluding hydrogens is 260 g/mol. The summed E-state index contributed by atoms with van der Waals surface area (Å²) in [7, 11) is 0. The van der Waals surface area contributed by atoms with E-state index in [4.69, 9.17) is 0 Å². The molecule has 0 aliphatic carbocycles. The Morgan fingerprint density at radius 2 is 1.76 bits per heavy atom. The number of aryl methyl sites for hydroxylation is 1. The monoisotopic (exact) mass is 282 g/mol. The van der Waals surface area contributed by atoms with Crippen molar-refractivity contribution >= 4 is 11.6 Å². The summed E-state index contributed by atoms with van der Waals surface area (Å²) in [4.78, 5) is 11.2. The van der Waals surface area contributed by atoms with Gasteiger partial charge < -0.3 is 10.6 Å². The van der Waals surface area contributed by atoms with Crippen LogP contribution in [0.1, 0.15) is 36.6 Å². The highest BCUT2D eigenvalue weighted by molar-refractivity contribution is 5.89. The SMILES string of the molecule is CC(=O)Nc1ccccc1CN[C@@H](C)c1ccccc1C. The molecule has 0 unspecified atom stereocenters. The average molecular weight is 282 g/mol. The molecule has 0 radical (unpaired) electrons. The Kier molecular flexibility index (Phi) is 5.12. The summed E-state index contributed by atoms with van der Waals surface area (Å²) in [5, 5.41) is 6.39. The van der Waals surface area contributed by atoms with Crippen LogP contribution in [0.25, 0.3) is 0 Å². The molecule has 0 aliphatic heterocycles. The zero-order valence-corrected chi connectivity index (χ0v) is 12.8. The highest BCUT2D eigenvalue weighted by Gasteiger charge is 2.09. The van der Waals surface area contributed by atoms with Gasteiger partial charge in [0, 0.05) is 25.2 Å². The van der Waals surface area contributed by atoms with E-state index in [0.717, 1.165) is 11.3 Å². The minimum Gasteiger partial charge on any atom is -0.326 e. The molecule has 0 bridgehead atoms. The first-order valence-corrected chi connectivity index (χ1v) is 7.22. The third kappa shape index (κ3) is 4.17. The zero-order valence-electron chi connectivity index (χ0n) is 12.8. The molecule has 2 aromatic rings. The second kappa shape index (κ2) is 7.04. The van der Waals surface area contributed by atoms with Crippen LogP contribution in [0.3, 0.4) is 0 Å². The van der Waals surface area contributed by atoms with Crippen LogP contribution in [-0.2, 0) is 11.3 Å². The summed E-state index contributed by atoms with van der Waals surface area (Å²) in [6.07, 6.45) is 0. The van der Waals surface area contributed by atoms with E-state index in [1.165, 1.54) is 18.1 Å². The molecule has 0 saturated heterocycles. The predicted molar refractivity (Wildman–Crippen MR) is 87.2 cm³/mol. The van der Waals surface area contributed by atoms with Crippen LogP contribution in [0.5, 0.6) is 0 Å². The lowest BCUT2D eigenvalue weighted by atomic mass is 10.0. The second-order valence-corrected chi connectivity index (χ2v) is 5.30. The number of hydrogen-bond acceptors (Lipinski definition) is 2. The number of benzene rings is 2. The molecule has 0 fully saturated rings. The van der Waals surface area contributed by atoms with Crippen LogP contribution in [0.15, 0.2) is 48.5 Å². The molecule has 0 saturated carbocycles. The van der Waals surface area contributed by atoms with Crippen LogP contribution < -0.4 is 10.6 Å². The number of carbonyl (C=O) groups excluding carboxylic acids is 1. The second-order valence-electron chi connectivity index (χ2n) is 5.30. The summed E-state index contributed by atoms with van der Waals surface area (Å²) >= 11 is 0. The van der Waals surface area contributed by atoms with E-state index in [2.05, 4.69) is 48.7 Å². The smallest absolute Gasteiger partial charge is 0.221 e. The van der Waals surface area contributed by atoms with Crippen molar-refractivity contribution in [3.8, 4) is 0 Å². The summed E-state index contributed by atoms with van der Waals surface area (Å²) in [6.45, 7) is 6.52. The molecule has 21 heavy (non-hydrogen) atoms. The molecule has 3 heteroatoms. The maximum Gasteiger partial charge on any atom is 0.221 e. The molecule has 0 spiro atoms. The summed E-state index contributed by atoms with van der Waals surface area (Å²) in [6, 6.07) is 16.5. The minimum atomic E-state index is -0.0468. The maximum absolute atomic E-state index is 11.2. The topological polar surface area (TPSA) is 41.1 Å². The third-order valence-corrected chi connectivity index (χ3v) is 3.58. The molecule has 0 aromatic heterocycles. The van der Waals surface area contributed by atoms with Gasteiger partial charge in [-0.25, -0.2) is 0 Å². The number of nitrogens with one attached hydrogen (secondary N) is 2. The van der Waals surface area contributed by atoms with Gasteiger partial charge in [0.05, 0.1) is 0 Å². The van der Waals surface area contributed by atoms with E-state index in [0.29, 0.717) is 6.54 Å². The fourth-order valence-electron chi connectivity index (χ4n) is 2.43. The molecular formula is C18H22N2O. The van der Waals surface area contributed by atoms with Gasteiger partial charge in [0.25, 0.3) is 0 Å². The van der Waals surface area contributed by atoms with Gasteiger partial charge in [0.2, 0.25) is 5.91 Å². The van der Waals surface area contributed by atoms with E-state index in [9.17, 15) is 4.79 Å². The Bertz CT molecular complexity index is 622. The van der Waals surface area contributed by atoms with Gasteiger partial charge in [-0.05, 0) is 36.6 Å². The van der Waals surface area contributed by atoms with Gasteiger partial charge in [0.1, 0.15) is 0 Å². The van der Waals surface area contributed by atoms with Gasteiger partial charge in [-0.1, -0.05) is 42.5 Å². The quantitative estimate of drug-likeness (QED) is 0.875. The van der Waals surface area contributed by atoms with Crippen molar-refractivity contribution in [3.63, 3.8) is 0 Å². The molecule has 2 N–H and O–H groups in total. The molecule has 0 aliphatic rings. The van der Waals surface area contributed by atoms with Gasteiger partial charge in [-0.3, -0.25) is 4.79 Å². The molecule has 3 nitrogen and oxygen atoms in total. The number of anilines is 1. The Balaban J connectivity index is 2.06. The van der Waals surface area contributed by atoms with Crippen molar-refractivity contribution in [2.45, 2.75) is 33.4 Å². The highest BCUT2D eigenvalue weighted by atomic mass is 16.1. The van der Waals surface area contributed by atoms with Crippen LogP contribution in [0.2, 0.25) is 0 Å². The van der Waals surface area contributed by atoms with Crippen molar-refractivity contribution < 1.29 is 4.79 Å². The van der Waals surface area contributed by atoms with Crippen molar-refractivity contribution in [2.24, 2.45) is 0 Å². The van der Waals surface area contributed by atoms with E-state index >= 15 is 0 Å². The fraction of sp³-hybridized carbons (Fsp3) is 0.278. The Hall–Kier alpha value is -2.13. The number of carbonyl (C=O) groups is 1. The summed E-state index contributed by atoms with van der Waals surface area (Å²) < 4.78 is 0. The van der Waals surface area contributed by atoms with E-state index in [1.54, 1.807) is 0 Å². The van der Waals surface area contributed by atoms with Crippen LogP contribution in [0, 0.1) is 6.92 Å². The number of amides is 1. The molecule has 2 rings (SSSR count). The van der Waals surface area contributed by atoms with Crippen molar-refractivity contribution in [1.29, 1.82) is 0 Å². The minimum absolute atomic E-state index is 0.0468. The maximum atomic E-state index is 11.2. The van der Waals surface area contributed by atoms with E-state index in [1.807, 2.05) is 24.3 Å². The summed E-state index contributed by atoms with van der Waals surface area (Å²) in [5.74, 6) is -0.0468. The molecule has 1 atom stereocenters. The predicted octanol–water partition coefficient (Wildman–Crippen LogP) is 3.80. The number of hydrogen-bond donors (Lipinski definition) is 2. The van der Waals surface area contributed by atoms with Gasteiger partial charge in [-0.15, -0.1) is 0 Å².